The van der Waals surface area contributed by atoms with Crippen LogP contribution in [-0.2, 0) is 0 Å². The standard InChI is InChI=1S/C18H12ClFO/c1-11-6-7-15(16(19)10-11)18(21)14-8-9-17(20)13-5-3-2-4-12(13)14/h2-10H,1H3. The lowest BCUT2D eigenvalue weighted by Gasteiger charge is -2.08. The SMILES string of the molecule is Cc1ccc(C(=O)c2ccc(F)c3ccccc23)c(Cl)c1. The zero-order chi connectivity index (χ0) is 15.0. The lowest BCUT2D eigenvalue weighted by Crippen LogP contribution is -2.04. The highest BCUT2D eigenvalue weighted by molar-refractivity contribution is 6.35. The summed E-state index contributed by atoms with van der Waals surface area (Å²) in [6.45, 7) is 1.91. The first-order chi connectivity index (χ1) is 10.1. The lowest BCUT2D eigenvalue weighted by molar-refractivity contribution is 0.104. The number of rotatable bonds is 2. The molecule has 0 N–H and O–H groups in total. The summed E-state index contributed by atoms with van der Waals surface area (Å²) >= 11 is 6.16. The van der Waals surface area contributed by atoms with Gasteiger partial charge in [-0.1, -0.05) is 41.9 Å². The summed E-state index contributed by atoms with van der Waals surface area (Å²) < 4.78 is 13.8. The molecule has 104 valence electrons. The molecule has 3 aromatic carbocycles. The zero-order valence-electron chi connectivity index (χ0n) is 11.4. The fourth-order valence-electron chi connectivity index (χ4n) is 2.41. The highest BCUT2D eigenvalue weighted by Crippen LogP contribution is 2.27. The highest BCUT2D eigenvalue weighted by atomic mass is 35.5. The van der Waals surface area contributed by atoms with Crippen molar-refractivity contribution in [2.75, 3.05) is 0 Å². The van der Waals surface area contributed by atoms with Crippen LogP contribution in [0.1, 0.15) is 21.5 Å². The van der Waals surface area contributed by atoms with Gasteiger partial charge in [-0.25, -0.2) is 4.39 Å². The molecule has 0 spiro atoms. The van der Waals surface area contributed by atoms with Crippen molar-refractivity contribution in [3.05, 3.63) is 82.1 Å². The fourth-order valence-corrected chi connectivity index (χ4v) is 2.73. The molecule has 0 atom stereocenters. The van der Waals surface area contributed by atoms with Crippen molar-refractivity contribution in [2.24, 2.45) is 0 Å². The van der Waals surface area contributed by atoms with Crippen molar-refractivity contribution >= 4 is 28.2 Å². The van der Waals surface area contributed by atoms with Gasteiger partial charge in [0.15, 0.2) is 5.78 Å². The average molecular weight is 299 g/mol. The zero-order valence-corrected chi connectivity index (χ0v) is 12.1. The molecule has 3 rings (SSSR count). The molecular weight excluding hydrogens is 287 g/mol. The van der Waals surface area contributed by atoms with Crippen LogP contribution in [0.25, 0.3) is 10.8 Å². The van der Waals surface area contributed by atoms with Gasteiger partial charge >= 0.3 is 0 Å². The molecule has 0 aliphatic heterocycles. The molecule has 3 aromatic rings. The van der Waals surface area contributed by atoms with Crippen LogP contribution in [0.2, 0.25) is 5.02 Å². The molecule has 0 unspecified atom stereocenters. The van der Waals surface area contributed by atoms with Crippen LogP contribution in [0.5, 0.6) is 0 Å². The van der Waals surface area contributed by atoms with E-state index in [0.717, 1.165) is 5.56 Å². The molecule has 1 nitrogen and oxygen atoms in total. The molecule has 0 aliphatic rings. The Morgan fingerprint density at radius 2 is 1.62 bits per heavy atom. The third-order valence-electron chi connectivity index (χ3n) is 3.48. The van der Waals surface area contributed by atoms with Gasteiger partial charge in [-0.15, -0.1) is 0 Å². The quantitative estimate of drug-likeness (QED) is 0.596. The average Bonchev–Trinajstić information content (AvgIpc) is 2.47. The van der Waals surface area contributed by atoms with Crippen molar-refractivity contribution in [2.45, 2.75) is 6.92 Å². The van der Waals surface area contributed by atoms with Crippen LogP contribution in [0.3, 0.4) is 0 Å². The first-order valence-corrected chi connectivity index (χ1v) is 6.94. The Labute approximate surface area is 127 Å². The van der Waals surface area contributed by atoms with Gasteiger partial charge < -0.3 is 0 Å². The van der Waals surface area contributed by atoms with Crippen molar-refractivity contribution in [3.63, 3.8) is 0 Å². The molecule has 0 fully saturated rings. The van der Waals surface area contributed by atoms with Crippen LogP contribution in [-0.4, -0.2) is 5.78 Å². The van der Waals surface area contributed by atoms with Gasteiger partial charge in [-0.3, -0.25) is 4.79 Å². The normalized spacial score (nSPS) is 10.8. The van der Waals surface area contributed by atoms with Crippen LogP contribution in [0, 0.1) is 12.7 Å². The fraction of sp³-hybridized carbons (Fsp3) is 0.0556. The Balaban J connectivity index is 2.21. The number of hydrogen-bond acceptors (Lipinski definition) is 1. The minimum Gasteiger partial charge on any atom is -0.289 e. The van der Waals surface area contributed by atoms with Crippen molar-refractivity contribution < 1.29 is 9.18 Å². The number of aryl methyl sites for hydroxylation is 1. The second-order valence-corrected chi connectivity index (χ2v) is 5.36. The summed E-state index contributed by atoms with van der Waals surface area (Å²) in [6.07, 6.45) is 0. The monoisotopic (exact) mass is 298 g/mol. The van der Waals surface area contributed by atoms with Crippen LogP contribution in [0.4, 0.5) is 4.39 Å². The van der Waals surface area contributed by atoms with E-state index in [1.54, 1.807) is 36.4 Å². The van der Waals surface area contributed by atoms with Gasteiger partial charge in [0.05, 0.1) is 5.02 Å². The van der Waals surface area contributed by atoms with E-state index in [4.69, 9.17) is 11.6 Å². The summed E-state index contributed by atoms with van der Waals surface area (Å²) in [5.74, 6) is -0.534. The molecule has 0 amide bonds. The predicted octanol–water partition coefficient (Wildman–Crippen LogP) is 5.17. The van der Waals surface area contributed by atoms with Gasteiger partial charge in [-0.05, 0) is 42.1 Å². The van der Waals surface area contributed by atoms with Crippen molar-refractivity contribution in [3.8, 4) is 0 Å². The summed E-state index contributed by atoms with van der Waals surface area (Å²) in [6, 6.07) is 15.1. The van der Waals surface area contributed by atoms with Crippen LogP contribution < -0.4 is 0 Å². The van der Waals surface area contributed by atoms with E-state index >= 15 is 0 Å². The van der Waals surface area contributed by atoms with E-state index < -0.39 is 0 Å². The van der Waals surface area contributed by atoms with Crippen LogP contribution >= 0.6 is 11.6 Å². The summed E-state index contributed by atoms with van der Waals surface area (Å²) in [5.41, 5.74) is 1.87. The molecule has 0 heterocycles. The Hall–Kier alpha value is -2.19. The smallest absolute Gasteiger partial charge is 0.195 e. The Morgan fingerprint density at radius 1 is 0.952 bits per heavy atom. The maximum Gasteiger partial charge on any atom is 0.195 e. The largest absolute Gasteiger partial charge is 0.289 e. The van der Waals surface area contributed by atoms with Crippen LogP contribution in [0.15, 0.2) is 54.6 Å². The molecule has 0 aliphatic carbocycles. The van der Waals surface area contributed by atoms with Gasteiger partial charge in [0.1, 0.15) is 5.82 Å². The number of fused-ring (bicyclic) bond motifs is 1. The Morgan fingerprint density at radius 3 is 2.33 bits per heavy atom. The van der Waals surface area contributed by atoms with E-state index in [2.05, 4.69) is 0 Å². The summed E-state index contributed by atoms with van der Waals surface area (Å²) in [4.78, 5) is 12.7. The molecule has 21 heavy (non-hydrogen) atoms. The molecule has 3 heteroatoms. The molecule has 0 aromatic heterocycles. The minimum absolute atomic E-state index is 0.198. The van der Waals surface area contributed by atoms with E-state index in [-0.39, 0.29) is 11.6 Å². The second-order valence-electron chi connectivity index (χ2n) is 4.95. The number of benzene rings is 3. The number of halogens is 2. The van der Waals surface area contributed by atoms with Crippen molar-refractivity contribution in [1.82, 2.24) is 0 Å². The lowest BCUT2D eigenvalue weighted by atomic mass is 9.96. The topological polar surface area (TPSA) is 17.1 Å². The predicted molar refractivity (Wildman–Crippen MR) is 83.5 cm³/mol. The number of hydrogen-bond donors (Lipinski definition) is 0. The van der Waals surface area contributed by atoms with Gasteiger partial charge in [0.25, 0.3) is 0 Å². The summed E-state index contributed by atoms with van der Waals surface area (Å²) in [5, 5.41) is 1.44. The van der Waals surface area contributed by atoms with Gasteiger partial charge in [-0.2, -0.15) is 0 Å². The Kier molecular flexibility index (Phi) is 3.48. The van der Waals surface area contributed by atoms with E-state index in [9.17, 15) is 9.18 Å². The first kappa shape index (κ1) is 13.8. The molecule has 0 radical (unpaired) electrons. The number of carbonyl (C=O) groups excluding carboxylic acids is 1. The molecular formula is C18H12ClFO. The number of ketones is 1. The molecule has 0 saturated carbocycles. The maximum absolute atomic E-state index is 13.8. The molecule has 0 bridgehead atoms. The van der Waals surface area contributed by atoms with Crippen molar-refractivity contribution in [1.29, 1.82) is 0 Å². The molecule has 0 saturated heterocycles. The third-order valence-corrected chi connectivity index (χ3v) is 3.80. The first-order valence-electron chi connectivity index (χ1n) is 6.56. The maximum atomic E-state index is 13.8. The minimum atomic E-state index is -0.336. The van der Waals surface area contributed by atoms with E-state index in [1.165, 1.54) is 12.1 Å². The van der Waals surface area contributed by atoms with Gasteiger partial charge in [0, 0.05) is 16.5 Å². The van der Waals surface area contributed by atoms with E-state index in [1.807, 2.05) is 13.0 Å². The second kappa shape index (κ2) is 5.30. The van der Waals surface area contributed by atoms with E-state index in [0.29, 0.717) is 26.9 Å². The highest BCUT2D eigenvalue weighted by Gasteiger charge is 2.16. The van der Waals surface area contributed by atoms with Gasteiger partial charge in [0.2, 0.25) is 0 Å². The number of carbonyl (C=O) groups is 1. The summed E-state index contributed by atoms with van der Waals surface area (Å²) in [7, 11) is 0. The third kappa shape index (κ3) is 2.43. The Bertz CT molecular complexity index is 855.